The Morgan fingerprint density at radius 3 is 2.16 bits per heavy atom. The molecule has 0 fully saturated rings. The summed E-state index contributed by atoms with van der Waals surface area (Å²) >= 11 is 7.28. The van der Waals surface area contributed by atoms with E-state index in [1.54, 1.807) is 45.4 Å². The Morgan fingerprint density at radius 1 is 0.973 bits per heavy atom. The molecule has 1 atom stereocenters. The number of thioether (sulfide) groups is 1. The van der Waals surface area contributed by atoms with Crippen LogP contribution in [0.15, 0.2) is 83.9 Å². The van der Waals surface area contributed by atoms with Gasteiger partial charge in [-0.3, -0.25) is 4.79 Å². The van der Waals surface area contributed by atoms with Gasteiger partial charge in [-0.15, -0.1) is 0 Å². The van der Waals surface area contributed by atoms with Crippen LogP contribution < -0.4 is 14.8 Å². The molecule has 37 heavy (non-hydrogen) atoms. The molecule has 0 saturated heterocycles. The van der Waals surface area contributed by atoms with E-state index in [4.69, 9.17) is 26.1 Å². The average molecular weight is 530 g/mol. The highest BCUT2D eigenvalue weighted by Crippen LogP contribution is 2.36. The summed E-state index contributed by atoms with van der Waals surface area (Å²) in [4.78, 5) is 17.8. The van der Waals surface area contributed by atoms with Crippen molar-refractivity contribution in [2.45, 2.75) is 17.2 Å². The maximum absolute atomic E-state index is 13.0. The van der Waals surface area contributed by atoms with Crippen molar-refractivity contribution in [3.8, 4) is 40.0 Å². The van der Waals surface area contributed by atoms with E-state index in [1.807, 2.05) is 54.6 Å². The van der Waals surface area contributed by atoms with Crippen LogP contribution in [0, 0.1) is 11.3 Å². The molecule has 1 N–H and O–H groups in total. The molecule has 1 aromatic heterocycles. The van der Waals surface area contributed by atoms with Gasteiger partial charge in [0.2, 0.25) is 5.91 Å². The number of halogens is 1. The summed E-state index contributed by atoms with van der Waals surface area (Å²) in [5, 5.41) is 13.5. The van der Waals surface area contributed by atoms with Crippen molar-refractivity contribution in [2.75, 3.05) is 19.5 Å². The zero-order valence-corrected chi connectivity index (χ0v) is 22.1. The van der Waals surface area contributed by atoms with Crippen LogP contribution in [0.5, 0.6) is 11.5 Å². The number of nitriles is 1. The molecule has 0 aliphatic rings. The molecular weight excluding hydrogens is 506 g/mol. The van der Waals surface area contributed by atoms with E-state index in [0.29, 0.717) is 32.7 Å². The molecule has 3 aromatic carbocycles. The molecular formula is C29H24ClN3O3S. The maximum Gasteiger partial charge on any atom is 0.237 e. The second-order valence-electron chi connectivity index (χ2n) is 8.06. The number of methoxy groups -OCH3 is 2. The molecule has 0 spiro atoms. The predicted molar refractivity (Wildman–Crippen MR) is 148 cm³/mol. The second-order valence-corrected chi connectivity index (χ2v) is 9.83. The number of carbonyl (C=O) groups is 1. The molecule has 0 bridgehead atoms. The third kappa shape index (κ3) is 6.23. The number of ether oxygens (including phenoxy) is 2. The van der Waals surface area contributed by atoms with Crippen LogP contribution in [0.3, 0.4) is 0 Å². The summed E-state index contributed by atoms with van der Waals surface area (Å²) in [6.45, 7) is 1.78. The molecule has 0 aliphatic heterocycles. The Balaban J connectivity index is 1.74. The molecule has 1 heterocycles. The SMILES string of the molecule is COc1ccc(-c2cc(-c3ccc(OC)cc3)c(C#N)c(S[C@H](C)C(=O)Nc3cccc(Cl)c3)n2)cc1. The first-order valence-corrected chi connectivity index (χ1v) is 12.6. The van der Waals surface area contributed by atoms with E-state index >= 15 is 0 Å². The van der Waals surface area contributed by atoms with E-state index in [0.717, 1.165) is 22.4 Å². The quantitative estimate of drug-likeness (QED) is 0.245. The van der Waals surface area contributed by atoms with Crippen LogP contribution in [0.2, 0.25) is 5.02 Å². The Hall–Kier alpha value is -3.99. The standard InChI is InChI=1S/C29H24ClN3O3S/c1-18(28(34)32-22-6-4-5-21(30)15-22)37-29-26(17-31)25(19-7-11-23(35-2)12-8-19)16-27(33-29)20-9-13-24(36-3)14-10-20/h4-16,18H,1-3H3,(H,32,34)/t18-/m1/s1. The number of rotatable bonds is 8. The van der Waals surface area contributed by atoms with Crippen molar-refractivity contribution in [1.29, 1.82) is 5.26 Å². The van der Waals surface area contributed by atoms with Crippen molar-refractivity contribution in [2.24, 2.45) is 0 Å². The van der Waals surface area contributed by atoms with Gasteiger partial charge >= 0.3 is 0 Å². The molecule has 186 valence electrons. The number of hydrogen-bond acceptors (Lipinski definition) is 6. The molecule has 0 unspecified atom stereocenters. The van der Waals surface area contributed by atoms with Crippen LogP contribution in [0.25, 0.3) is 22.4 Å². The third-order valence-corrected chi connectivity index (χ3v) is 6.96. The highest BCUT2D eigenvalue weighted by Gasteiger charge is 2.22. The Bertz CT molecular complexity index is 1450. The van der Waals surface area contributed by atoms with Gasteiger partial charge in [-0.05, 0) is 73.2 Å². The van der Waals surface area contributed by atoms with E-state index in [1.165, 1.54) is 11.8 Å². The van der Waals surface area contributed by atoms with Gasteiger partial charge in [-0.25, -0.2) is 4.98 Å². The topological polar surface area (TPSA) is 84.2 Å². The van der Waals surface area contributed by atoms with Gasteiger partial charge < -0.3 is 14.8 Å². The lowest BCUT2D eigenvalue weighted by atomic mass is 9.99. The molecule has 0 aliphatic carbocycles. The highest BCUT2D eigenvalue weighted by molar-refractivity contribution is 8.00. The monoisotopic (exact) mass is 529 g/mol. The summed E-state index contributed by atoms with van der Waals surface area (Å²) in [6, 6.07) is 26.2. The number of carbonyl (C=O) groups excluding carboxylic acids is 1. The average Bonchev–Trinajstić information content (AvgIpc) is 2.92. The minimum Gasteiger partial charge on any atom is -0.497 e. The second kappa shape index (κ2) is 11.8. The predicted octanol–water partition coefficient (Wildman–Crippen LogP) is 7.08. The van der Waals surface area contributed by atoms with Crippen LogP contribution >= 0.6 is 23.4 Å². The molecule has 0 radical (unpaired) electrons. The van der Waals surface area contributed by atoms with Gasteiger partial charge in [-0.2, -0.15) is 5.26 Å². The number of nitrogens with one attached hydrogen (secondary N) is 1. The Kier molecular flexibility index (Phi) is 8.34. The lowest BCUT2D eigenvalue weighted by molar-refractivity contribution is -0.115. The molecule has 1 amide bonds. The van der Waals surface area contributed by atoms with Crippen molar-refractivity contribution in [3.63, 3.8) is 0 Å². The summed E-state index contributed by atoms with van der Waals surface area (Å²) in [6.07, 6.45) is 0. The van der Waals surface area contributed by atoms with Gasteiger partial charge in [0.25, 0.3) is 0 Å². The molecule has 6 nitrogen and oxygen atoms in total. The van der Waals surface area contributed by atoms with Crippen LogP contribution in [-0.4, -0.2) is 30.4 Å². The lowest BCUT2D eigenvalue weighted by Crippen LogP contribution is -2.22. The zero-order chi connectivity index (χ0) is 26.4. The molecule has 8 heteroatoms. The van der Waals surface area contributed by atoms with E-state index in [-0.39, 0.29) is 5.91 Å². The normalized spacial score (nSPS) is 11.3. The maximum atomic E-state index is 13.0. The summed E-state index contributed by atoms with van der Waals surface area (Å²) < 4.78 is 10.6. The van der Waals surface area contributed by atoms with E-state index < -0.39 is 5.25 Å². The van der Waals surface area contributed by atoms with Crippen LogP contribution in [0.1, 0.15) is 12.5 Å². The van der Waals surface area contributed by atoms with Crippen LogP contribution in [-0.2, 0) is 4.79 Å². The lowest BCUT2D eigenvalue weighted by Gasteiger charge is -2.16. The first-order chi connectivity index (χ1) is 17.9. The number of hydrogen-bond donors (Lipinski definition) is 1. The van der Waals surface area contributed by atoms with Gasteiger partial charge in [0.1, 0.15) is 22.6 Å². The highest BCUT2D eigenvalue weighted by atomic mass is 35.5. The molecule has 4 rings (SSSR count). The summed E-state index contributed by atoms with van der Waals surface area (Å²) in [7, 11) is 3.22. The van der Waals surface area contributed by atoms with Crippen molar-refractivity contribution < 1.29 is 14.3 Å². The fraction of sp³-hybridized carbons (Fsp3) is 0.138. The molecule has 0 saturated carbocycles. The Morgan fingerprint density at radius 2 is 1.59 bits per heavy atom. The van der Waals surface area contributed by atoms with E-state index in [9.17, 15) is 10.1 Å². The first kappa shape index (κ1) is 26.1. The van der Waals surface area contributed by atoms with Gasteiger partial charge in [0, 0.05) is 21.8 Å². The van der Waals surface area contributed by atoms with Gasteiger partial charge in [0.05, 0.1) is 30.7 Å². The fourth-order valence-electron chi connectivity index (χ4n) is 3.65. The largest absolute Gasteiger partial charge is 0.497 e. The summed E-state index contributed by atoms with van der Waals surface area (Å²) in [5.74, 6) is 1.22. The number of aromatic nitrogens is 1. The minimum absolute atomic E-state index is 0.223. The number of anilines is 1. The van der Waals surface area contributed by atoms with Gasteiger partial charge in [-0.1, -0.05) is 41.6 Å². The number of benzene rings is 3. The number of pyridine rings is 1. The zero-order valence-electron chi connectivity index (χ0n) is 20.5. The van der Waals surface area contributed by atoms with E-state index in [2.05, 4.69) is 11.4 Å². The Labute approximate surface area is 225 Å². The van der Waals surface area contributed by atoms with Crippen molar-refractivity contribution in [3.05, 3.63) is 89.4 Å². The third-order valence-electron chi connectivity index (χ3n) is 5.63. The fourth-order valence-corrected chi connectivity index (χ4v) is 4.77. The van der Waals surface area contributed by atoms with Gasteiger partial charge in [0.15, 0.2) is 0 Å². The van der Waals surface area contributed by atoms with Crippen LogP contribution in [0.4, 0.5) is 5.69 Å². The number of amides is 1. The smallest absolute Gasteiger partial charge is 0.237 e. The van der Waals surface area contributed by atoms with Crippen molar-refractivity contribution in [1.82, 2.24) is 4.98 Å². The van der Waals surface area contributed by atoms with Crippen molar-refractivity contribution >= 4 is 35.0 Å². The summed E-state index contributed by atoms with van der Waals surface area (Å²) in [5.41, 5.74) is 4.10. The number of nitrogens with zero attached hydrogens (tertiary/aromatic N) is 2. The minimum atomic E-state index is -0.534. The first-order valence-electron chi connectivity index (χ1n) is 11.4. The molecule has 4 aromatic rings.